The maximum Gasteiger partial charge on any atom is 0.252 e. The van der Waals surface area contributed by atoms with E-state index in [9.17, 15) is 4.79 Å². The smallest absolute Gasteiger partial charge is 0.252 e. The van der Waals surface area contributed by atoms with Gasteiger partial charge in [0.15, 0.2) is 11.5 Å². The van der Waals surface area contributed by atoms with E-state index in [1.165, 1.54) is 0 Å². The Bertz CT molecular complexity index is 808. The summed E-state index contributed by atoms with van der Waals surface area (Å²) in [6, 6.07) is 3.70. The molecule has 0 unspecified atom stereocenters. The number of amides is 1. The number of hydrogen-bond donors (Lipinski definition) is 1. The van der Waals surface area contributed by atoms with Gasteiger partial charge < -0.3 is 20.1 Å². The van der Waals surface area contributed by atoms with Crippen LogP contribution in [0.15, 0.2) is 40.7 Å². The molecule has 0 atom stereocenters. The van der Waals surface area contributed by atoms with Crippen LogP contribution in [-0.2, 0) is 4.79 Å². The van der Waals surface area contributed by atoms with E-state index in [0.717, 1.165) is 10.6 Å². The van der Waals surface area contributed by atoms with Crippen molar-refractivity contribution < 1.29 is 14.3 Å². The van der Waals surface area contributed by atoms with Gasteiger partial charge in [-0.15, -0.1) is 0 Å². The second-order valence-corrected chi connectivity index (χ2v) is 4.66. The van der Waals surface area contributed by atoms with Gasteiger partial charge in [0.05, 0.1) is 10.9 Å². The van der Waals surface area contributed by atoms with Crippen molar-refractivity contribution in [1.82, 2.24) is 4.90 Å². The Morgan fingerprint density at radius 1 is 1.30 bits per heavy atom. The second kappa shape index (κ2) is 3.86. The van der Waals surface area contributed by atoms with Crippen molar-refractivity contribution in [3.05, 3.63) is 46.3 Å². The van der Waals surface area contributed by atoms with E-state index in [2.05, 4.69) is 4.99 Å². The van der Waals surface area contributed by atoms with Crippen LogP contribution in [0.4, 0.5) is 0 Å². The SMILES string of the molecule is NC(=O)C1=C2N=c3cc4c(cc3=CN2CC=C1)OCO4. The minimum Gasteiger partial charge on any atom is -0.454 e. The molecular formula is C14H11N3O3. The highest BCUT2D eigenvalue weighted by Crippen LogP contribution is 2.29. The minimum absolute atomic E-state index is 0.221. The lowest BCUT2D eigenvalue weighted by molar-refractivity contribution is -0.114. The van der Waals surface area contributed by atoms with Gasteiger partial charge in [0.25, 0.3) is 5.91 Å². The fraction of sp³-hybridized carbons (Fsp3) is 0.143. The molecule has 0 aromatic heterocycles. The third kappa shape index (κ3) is 1.51. The van der Waals surface area contributed by atoms with Crippen molar-refractivity contribution in [2.45, 2.75) is 0 Å². The Balaban J connectivity index is 1.98. The van der Waals surface area contributed by atoms with Crippen LogP contribution in [0.5, 0.6) is 11.5 Å². The normalized spacial score (nSPS) is 18.1. The molecule has 0 saturated carbocycles. The van der Waals surface area contributed by atoms with Crippen LogP contribution >= 0.6 is 0 Å². The molecular weight excluding hydrogens is 258 g/mol. The Labute approximate surface area is 114 Å². The van der Waals surface area contributed by atoms with Crippen LogP contribution < -0.4 is 25.8 Å². The number of ether oxygens (including phenoxy) is 2. The van der Waals surface area contributed by atoms with Crippen molar-refractivity contribution >= 4 is 12.1 Å². The van der Waals surface area contributed by atoms with E-state index in [4.69, 9.17) is 15.2 Å². The summed E-state index contributed by atoms with van der Waals surface area (Å²) in [5, 5.41) is 1.67. The number of primary amides is 1. The van der Waals surface area contributed by atoms with Crippen LogP contribution in [0.1, 0.15) is 0 Å². The molecule has 3 aliphatic rings. The summed E-state index contributed by atoms with van der Waals surface area (Å²) >= 11 is 0. The maximum atomic E-state index is 11.5. The molecule has 1 amide bonds. The summed E-state index contributed by atoms with van der Waals surface area (Å²) in [5.74, 6) is 1.47. The quantitative estimate of drug-likeness (QED) is 0.735. The average Bonchev–Trinajstić information content (AvgIpc) is 2.88. The Morgan fingerprint density at radius 2 is 2.10 bits per heavy atom. The molecule has 0 radical (unpaired) electrons. The second-order valence-electron chi connectivity index (χ2n) is 4.66. The number of fused-ring (bicyclic) bond motifs is 3. The number of benzene rings is 1. The highest BCUT2D eigenvalue weighted by molar-refractivity contribution is 5.96. The van der Waals surface area contributed by atoms with E-state index < -0.39 is 5.91 Å². The van der Waals surface area contributed by atoms with Crippen molar-refractivity contribution in [1.29, 1.82) is 0 Å². The fourth-order valence-electron chi connectivity index (χ4n) is 2.46. The zero-order valence-electron chi connectivity index (χ0n) is 10.5. The van der Waals surface area contributed by atoms with Gasteiger partial charge in [0.1, 0.15) is 5.82 Å². The molecule has 0 saturated heterocycles. The first-order chi connectivity index (χ1) is 9.72. The van der Waals surface area contributed by atoms with Crippen molar-refractivity contribution in [2.24, 2.45) is 10.7 Å². The van der Waals surface area contributed by atoms with Crippen molar-refractivity contribution in [2.75, 3.05) is 13.3 Å². The van der Waals surface area contributed by atoms with Gasteiger partial charge >= 0.3 is 0 Å². The predicted octanol–water partition coefficient (Wildman–Crippen LogP) is -0.645. The number of carbonyl (C=O) groups is 1. The summed E-state index contributed by atoms with van der Waals surface area (Å²) in [5.41, 5.74) is 5.80. The summed E-state index contributed by atoms with van der Waals surface area (Å²) in [6.45, 7) is 0.877. The topological polar surface area (TPSA) is 77.2 Å². The summed E-state index contributed by atoms with van der Waals surface area (Å²) < 4.78 is 10.7. The predicted molar refractivity (Wildman–Crippen MR) is 69.9 cm³/mol. The molecule has 1 aromatic carbocycles. The summed E-state index contributed by atoms with van der Waals surface area (Å²) in [7, 11) is 0. The molecule has 2 N–H and O–H groups in total. The number of nitrogens with zero attached hydrogens (tertiary/aromatic N) is 2. The highest BCUT2D eigenvalue weighted by Gasteiger charge is 2.22. The van der Waals surface area contributed by atoms with Gasteiger partial charge in [-0.2, -0.15) is 0 Å². The molecule has 1 aromatic rings. The Morgan fingerprint density at radius 3 is 2.90 bits per heavy atom. The number of hydrogen-bond acceptors (Lipinski definition) is 5. The van der Waals surface area contributed by atoms with Crippen molar-refractivity contribution in [3.63, 3.8) is 0 Å². The van der Waals surface area contributed by atoms with E-state index in [0.29, 0.717) is 29.4 Å². The Hall–Kier alpha value is -2.76. The van der Waals surface area contributed by atoms with Gasteiger partial charge in [-0.3, -0.25) is 4.79 Å². The lowest BCUT2D eigenvalue weighted by Crippen LogP contribution is -2.37. The molecule has 0 bridgehead atoms. The molecule has 4 rings (SSSR count). The average molecular weight is 269 g/mol. The van der Waals surface area contributed by atoms with E-state index in [1.807, 2.05) is 29.3 Å². The molecule has 3 heterocycles. The van der Waals surface area contributed by atoms with E-state index >= 15 is 0 Å². The van der Waals surface area contributed by atoms with Gasteiger partial charge in [-0.05, 0) is 12.1 Å². The molecule has 0 aliphatic carbocycles. The number of nitrogens with two attached hydrogens (primary N) is 1. The van der Waals surface area contributed by atoms with Gasteiger partial charge in [0, 0.05) is 24.0 Å². The minimum atomic E-state index is -0.484. The zero-order valence-corrected chi connectivity index (χ0v) is 10.5. The number of carbonyl (C=O) groups excluding carboxylic acids is 1. The maximum absolute atomic E-state index is 11.5. The number of rotatable bonds is 1. The van der Waals surface area contributed by atoms with Gasteiger partial charge in [-0.1, -0.05) is 6.08 Å². The molecule has 6 nitrogen and oxygen atoms in total. The lowest BCUT2D eigenvalue weighted by atomic mass is 10.1. The summed E-state index contributed by atoms with van der Waals surface area (Å²) in [4.78, 5) is 17.9. The standard InChI is InChI=1S/C14H11N3O3/c15-13(18)9-2-1-3-17-6-8-4-11-12(20-7-19-11)5-10(8)16-14(9)17/h1-2,4-6H,3,7H2,(H2,15,18). The molecule has 20 heavy (non-hydrogen) atoms. The fourth-order valence-corrected chi connectivity index (χ4v) is 2.46. The van der Waals surface area contributed by atoms with Crippen LogP contribution in [0.25, 0.3) is 6.20 Å². The first kappa shape index (κ1) is 11.1. The van der Waals surface area contributed by atoms with E-state index in [1.54, 1.807) is 6.08 Å². The van der Waals surface area contributed by atoms with Gasteiger partial charge in [0.2, 0.25) is 6.79 Å². The van der Waals surface area contributed by atoms with Crippen LogP contribution in [0, 0.1) is 0 Å². The first-order valence-electron chi connectivity index (χ1n) is 6.20. The third-order valence-corrected chi connectivity index (χ3v) is 3.41. The Kier molecular flexibility index (Phi) is 2.14. The third-order valence-electron chi connectivity index (χ3n) is 3.41. The highest BCUT2D eigenvalue weighted by atomic mass is 16.7. The van der Waals surface area contributed by atoms with Crippen LogP contribution in [-0.4, -0.2) is 24.1 Å². The summed E-state index contributed by atoms with van der Waals surface area (Å²) in [6.07, 6.45) is 5.53. The van der Waals surface area contributed by atoms with E-state index in [-0.39, 0.29) is 6.79 Å². The first-order valence-corrected chi connectivity index (χ1v) is 6.20. The molecule has 6 heteroatoms. The zero-order chi connectivity index (χ0) is 13.7. The molecule has 0 spiro atoms. The van der Waals surface area contributed by atoms with Crippen LogP contribution in [0.2, 0.25) is 0 Å². The van der Waals surface area contributed by atoms with Crippen molar-refractivity contribution in [3.8, 4) is 11.5 Å². The van der Waals surface area contributed by atoms with Crippen LogP contribution in [0.3, 0.4) is 0 Å². The lowest BCUT2D eigenvalue weighted by Gasteiger charge is -2.26. The largest absolute Gasteiger partial charge is 0.454 e. The molecule has 3 aliphatic heterocycles. The monoisotopic (exact) mass is 269 g/mol. The molecule has 100 valence electrons. The molecule has 0 fully saturated rings. The van der Waals surface area contributed by atoms with Gasteiger partial charge in [-0.25, -0.2) is 4.99 Å².